The van der Waals surface area contributed by atoms with E-state index in [2.05, 4.69) is 20.2 Å². The van der Waals surface area contributed by atoms with Gasteiger partial charge >= 0.3 is 0 Å². The van der Waals surface area contributed by atoms with E-state index >= 15 is 0 Å². The summed E-state index contributed by atoms with van der Waals surface area (Å²) in [7, 11) is 0. The number of rotatable bonds is 2. The third-order valence-electron chi connectivity index (χ3n) is 4.41. The molecule has 3 heterocycles. The van der Waals surface area contributed by atoms with Gasteiger partial charge in [0.1, 0.15) is 0 Å². The van der Waals surface area contributed by atoms with Crippen LogP contribution in [0.3, 0.4) is 0 Å². The van der Waals surface area contributed by atoms with E-state index < -0.39 is 0 Å². The molecule has 112 valence electrons. The highest BCUT2D eigenvalue weighted by Crippen LogP contribution is 2.30. The summed E-state index contributed by atoms with van der Waals surface area (Å²) in [5, 5.41) is 3.43. The van der Waals surface area contributed by atoms with E-state index in [1.807, 2.05) is 0 Å². The first-order valence-electron chi connectivity index (χ1n) is 7.37. The van der Waals surface area contributed by atoms with Crippen LogP contribution in [-0.2, 0) is 0 Å². The molecule has 2 saturated heterocycles. The summed E-state index contributed by atoms with van der Waals surface area (Å²) >= 11 is 0. The minimum atomic E-state index is -0.0559. The molecule has 3 rings (SSSR count). The molecule has 5 nitrogen and oxygen atoms in total. The average Bonchev–Trinajstić information content (AvgIpc) is 2.48. The Morgan fingerprint density at radius 2 is 2.00 bits per heavy atom. The van der Waals surface area contributed by atoms with Crippen LogP contribution in [0, 0.1) is 5.92 Å². The summed E-state index contributed by atoms with van der Waals surface area (Å²) in [5.41, 5.74) is -0.0559. The van der Waals surface area contributed by atoms with Crippen LogP contribution in [0.4, 0.5) is 5.95 Å². The number of H-pyrrole nitrogens is 1. The van der Waals surface area contributed by atoms with Gasteiger partial charge in [0.05, 0.1) is 0 Å². The zero-order valence-corrected chi connectivity index (χ0v) is 12.5. The van der Waals surface area contributed by atoms with Crippen LogP contribution in [0.5, 0.6) is 0 Å². The fourth-order valence-electron chi connectivity index (χ4n) is 3.45. The second kappa shape index (κ2) is 7.09. The molecule has 2 N–H and O–H groups in total. The molecule has 0 amide bonds. The van der Waals surface area contributed by atoms with Crippen LogP contribution in [0.1, 0.15) is 32.1 Å². The first-order valence-corrected chi connectivity index (χ1v) is 7.37. The molecule has 20 heavy (non-hydrogen) atoms. The quantitative estimate of drug-likeness (QED) is 0.870. The minimum absolute atomic E-state index is 0. The highest BCUT2D eigenvalue weighted by Gasteiger charge is 2.31. The molecule has 1 aromatic heterocycles. The second-order valence-corrected chi connectivity index (χ2v) is 5.60. The van der Waals surface area contributed by atoms with Gasteiger partial charge in [-0.2, -0.15) is 0 Å². The Kier molecular flexibility index (Phi) is 5.43. The van der Waals surface area contributed by atoms with E-state index in [4.69, 9.17) is 0 Å². The monoisotopic (exact) mass is 298 g/mol. The van der Waals surface area contributed by atoms with E-state index in [0.717, 1.165) is 31.5 Å². The van der Waals surface area contributed by atoms with Gasteiger partial charge in [-0.1, -0.05) is 0 Å². The molecule has 6 heteroatoms. The molecule has 0 saturated carbocycles. The first-order chi connectivity index (χ1) is 9.34. The lowest BCUT2D eigenvalue weighted by Gasteiger charge is -2.42. The van der Waals surface area contributed by atoms with Crippen LogP contribution < -0.4 is 15.8 Å². The fourth-order valence-corrected chi connectivity index (χ4v) is 3.45. The van der Waals surface area contributed by atoms with Crippen LogP contribution in [-0.4, -0.2) is 35.6 Å². The summed E-state index contributed by atoms with van der Waals surface area (Å²) in [4.78, 5) is 21.1. The molecule has 2 aliphatic heterocycles. The largest absolute Gasteiger partial charge is 0.339 e. The van der Waals surface area contributed by atoms with Crippen molar-refractivity contribution in [2.45, 2.75) is 38.1 Å². The van der Waals surface area contributed by atoms with E-state index in [9.17, 15) is 4.79 Å². The summed E-state index contributed by atoms with van der Waals surface area (Å²) in [6, 6.07) is 2.02. The van der Waals surface area contributed by atoms with E-state index in [-0.39, 0.29) is 18.0 Å². The standard InChI is InChI=1S/C14H22N4O.ClH/c19-13-6-9-16-14(17-13)18-10-2-1-3-12(18)11-4-7-15-8-5-11;/h6,9,11-12,15H,1-5,7-8,10H2,(H,16,17,19);1H. The zero-order valence-electron chi connectivity index (χ0n) is 11.7. The Morgan fingerprint density at radius 3 is 2.75 bits per heavy atom. The minimum Gasteiger partial charge on any atom is -0.339 e. The second-order valence-electron chi connectivity index (χ2n) is 5.60. The molecule has 0 aliphatic carbocycles. The van der Waals surface area contributed by atoms with Crippen molar-refractivity contribution >= 4 is 18.4 Å². The van der Waals surface area contributed by atoms with Gasteiger partial charge in [-0.15, -0.1) is 12.4 Å². The number of hydrogen-bond acceptors (Lipinski definition) is 4. The molecule has 0 aromatic carbocycles. The highest BCUT2D eigenvalue weighted by molar-refractivity contribution is 5.85. The number of halogens is 1. The SMILES string of the molecule is Cl.O=c1ccnc(N2CCCCC2C2CCNCC2)[nH]1. The Bertz CT molecular complexity index is 472. The predicted molar refractivity (Wildman–Crippen MR) is 82.7 cm³/mol. The molecule has 0 bridgehead atoms. The van der Waals surface area contributed by atoms with Crippen molar-refractivity contribution in [3.05, 3.63) is 22.6 Å². The summed E-state index contributed by atoms with van der Waals surface area (Å²) in [6.07, 6.45) is 7.80. The van der Waals surface area contributed by atoms with E-state index in [0.29, 0.717) is 6.04 Å². The molecular formula is C14H23ClN4O. The van der Waals surface area contributed by atoms with Crippen molar-refractivity contribution in [3.63, 3.8) is 0 Å². The van der Waals surface area contributed by atoms with Gasteiger partial charge in [-0.05, 0) is 51.1 Å². The first kappa shape index (κ1) is 15.3. The van der Waals surface area contributed by atoms with Crippen molar-refractivity contribution in [1.82, 2.24) is 15.3 Å². The Balaban J connectivity index is 0.00000147. The lowest BCUT2D eigenvalue weighted by molar-refractivity contribution is 0.271. The van der Waals surface area contributed by atoms with Gasteiger partial charge < -0.3 is 10.2 Å². The molecule has 1 atom stereocenters. The van der Waals surface area contributed by atoms with Gasteiger partial charge in [0.15, 0.2) is 0 Å². The van der Waals surface area contributed by atoms with Gasteiger partial charge in [0.25, 0.3) is 5.56 Å². The van der Waals surface area contributed by atoms with Gasteiger partial charge in [-0.3, -0.25) is 9.78 Å². The van der Waals surface area contributed by atoms with Crippen molar-refractivity contribution in [3.8, 4) is 0 Å². The van der Waals surface area contributed by atoms with Crippen molar-refractivity contribution in [2.75, 3.05) is 24.5 Å². The number of piperidine rings is 2. The van der Waals surface area contributed by atoms with E-state index in [1.54, 1.807) is 6.20 Å². The van der Waals surface area contributed by atoms with Crippen LogP contribution in [0.25, 0.3) is 0 Å². The van der Waals surface area contributed by atoms with Crippen LogP contribution in [0.15, 0.2) is 17.1 Å². The third-order valence-corrected chi connectivity index (χ3v) is 4.41. The molecule has 0 radical (unpaired) electrons. The van der Waals surface area contributed by atoms with Crippen LogP contribution in [0.2, 0.25) is 0 Å². The molecular weight excluding hydrogens is 276 g/mol. The maximum absolute atomic E-state index is 11.5. The van der Waals surface area contributed by atoms with E-state index in [1.165, 1.54) is 38.2 Å². The fraction of sp³-hybridized carbons (Fsp3) is 0.714. The lowest BCUT2D eigenvalue weighted by atomic mass is 9.84. The lowest BCUT2D eigenvalue weighted by Crippen LogP contribution is -2.48. The summed E-state index contributed by atoms with van der Waals surface area (Å²) < 4.78 is 0. The summed E-state index contributed by atoms with van der Waals surface area (Å²) in [5.74, 6) is 1.49. The molecule has 0 spiro atoms. The van der Waals surface area contributed by atoms with Crippen LogP contribution >= 0.6 is 12.4 Å². The van der Waals surface area contributed by atoms with Crippen molar-refractivity contribution in [1.29, 1.82) is 0 Å². The van der Waals surface area contributed by atoms with Gasteiger partial charge in [-0.25, -0.2) is 4.98 Å². The third kappa shape index (κ3) is 3.33. The maximum atomic E-state index is 11.5. The number of aromatic nitrogens is 2. The van der Waals surface area contributed by atoms with Crippen molar-refractivity contribution < 1.29 is 0 Å². The smallest absolute Gasteiger partial charge is 0.252 e. The number of nitrogens with one attached hydrogen (secondary N) is 2. The van der Waals surface area contributed by atoms with Gasteiger partial charge in [0.2, 0.25) is 5.95 Å². The Labute approximate surface area is 125 Å². The zero-order chi connectivity index (χ0) is 13.1. The Hall–Kier alpha value is -1.07. The molecule has 1 unspecified atom stereocenters. The normalized spacial score (nSPS) is 24.2. The topological polar surface area (TPSA) is 61.0 Å². The van der Waals surface area contributed by atoms with Crippen molar-refractivity contribution in [2.24, 2.45) is 5.92 Å². The van der Waals surface area contributed by atoms with Gasteiger partial charge in [0, 0.05) is 24.8 Å². The summed E-state index contributed by atoms with van der Waals surface area (Å²) in [6.45, 7) is 3.25. The molecule has 1 aromatic rings. The average molecular weight is 299 g/mol. The number of aromatic amines is 1. The highest BCUT2D eigenvalue weighted by atomic mass is 35.5. The maximum Gasteiger partial charge on any atom is 0.252 e. The predicted octanol–water partition coefficient (Wildman–Crippen LogP) is 1.55. The number of anilines is 1. The molecule has 2 aliphatic rings. The Morgan fingerprint density at radius 1 is 1.20 bits per heavy atom. The molecule has 2 fully saturated rings. The number of nitrogens with zero attached hydrogens (tertiary/aromatic N) is 2. The number of hydrogen-bond donors (Lipinski definition) is 2.